The Morgan fingerprint density at radius 2 is 1.93 bits per heavy atom. The number of nitrogens with two attached hydrogens (primary N) is 3. The molecule has 0 bridgehead atoms. The molecule has 1 aliphatic rings. The minimum absolute atomic E-state index is 0.236. The standard InChI is InChI=1S/C20H23N5O2S/c1-27-13-4-2-11(3-5-13)14-10-15(25-8-6-12(21)7-9-25)24-20-16(14)17(22)18(28-20)19(23)26/h2-5,10,12H,6-9,21-22H2,1H3,(H2,23,26). The molecule has 1 fully saturated rings. The highest BCUT2D eigenvalue weighted by atomic mass is 32.1. The Balaban J connectivity index is 1.89. The van der Waals surface area contributed by atoms with Crippen LogP contribution in [0.25, 0.3) is 21.3 Å². The van der Waals surface area contributed by atoms with E-state index >= 15 is 0 Å². The number of carbonyl (C=O) groups is 1. The van der Waals surface area contributed by atoms with E-state index in [2.05, 4.69) is 4.90 Å². The molecular formula is C20H23N5O2S. The van der Waals surface area contributed by atoms with Crippen molar-refractivity contribution in [2.45, 2.75) is 18.9 Å². The molecule has 1 aliphatic heterocycles. The fourth-order valence-corrected chi connectivity index (χ4v) is 4.55. The number of rotatable bonds is 4. The molecule has 3 aromatic rings. The van der Waals surface area contributed by atoms with Crippen LogP contribution in [0.15, 0.2) is 30.3 Å². The topological polar surface area (TPSA) is 120 Å². The van der Waals surface area contributed by atoms with Crippen molar-refractivity contribution >= 4 is 39.0 Å². The quantitative estimate of drug-likeness (QED) is 0.622. The third kappa shape index (κ3) is 3.25. The SMILES string of the molecule is COc1ccc(-c2cc(N3CCC(N)CC3)nc3sc(C(N)=O)c(N)c23)cc1. The molecule has 146 valence electrons. The Morgan fingerprint density at radius 1 is 1.25 bits per heavy atom. The van der Waals surface area contributed by atoms with Gasteiger partial charge >= 0.3 is 0 Å². The van der Waals surface area contributed by atoms with Gasteiger partial charge in [-0.2, -0.15) is 0 Å². The first-order valence-electron chi connectivity index (χ1n) is 9.15. The van der Waals surface area contributed by atoms with Crippen LogP contribution >= 0.6 is 11.3 Å². The van der Waals surface area contributed by atoms with E-state index < -0.39 is 5.91 Å². The van der Waals surface area contributed by atoms with Gasteiger partial charge in [-0.05, 0) is 42.2 Å². The highest BCUT2D eigenvalue weighted by Gasteiger charge is 2.23. The Hall–Kier alpha value is -2.84. The lowest BCUT2D eigenvalue weighted by Crippen LogP contribution is -2.40. The van der Waals surface area contributed by atoms with Crippen LogP contribution in [0.4, 0.5) is 11.5 Å². The molecule has 7 nitrogen and oxygen atoms in total. The Morgan fingerprint density at radius 3 is 2.54 bits per heavy atom. The number of piperidine rings is 1. The molecule has 0 saturated carbocycles. The number of pyridine rings is 1. The molecule has 0 atom stereocenters. The average Bonchev–Trinajstić information content (AvgIpc) is 3.05. The second-order valence-corrected chi connectivity index (χ2v) is 7.97. The molecule has 0 aliphatic carbocycles. The maximum atomic E-state index is 11.8. The van der Waals surface area contributed by atoms with Gasteiger partial charge in [0.15, 0.2) is 0 Å². The highest BCUT2D eigenvalue weighted by molar-refractivity contribution is 7.21. The molecule has 28 heavy (non-hydrogen) atoms. The molecule has 6 N–H and O–H groups in total. The fourth-order valence-electron chi connectivity index (χ4n) is 3.58. The van der Waals surface area contributed by atoms with Gasteiger partial charge in [-0.25, -0.2) is 4.98 Å². The number of amides is 1. The zero-order chi connectivity index (χ0) is 19.8. The highest BCUT2D eigenvalue weighted by Crippen LogP contribution is 2.41. The van der Waals surface area contributed by atoms with Crippen LogP contribution in [0.1, 0.15) is 22.5 Å². The molecular weight excluding hydrogens is 374 g/mol. The Kier molecular flexibility index (Phi) is 4.82. The van der Waals surface area contributed by atoms with E-state index in [-0.39, 0.29) is 6.04 Å². The summed E-state index contributed by atoms with van der Waals surface area (Å²) in [6.07, 6.45) is 1.85. The summed E-state index contributed by atoms with van der Waals surface area (Å²) in [6, 6.07) is 10.0. The van der Waals surface area contributed by atoms with E-state index in [0.29, 0.717) is 15.4 Å². The molecule has 2 aromatic heterocycles. The number of hydrogen-bond acceptors (Lipinski definition) is 7. The van der Waals surface area contributed by atoms with Crippen LogP contribution in [-0.2, 0) is 0 Å². The molecule has 1 amide bonds. The smallest absolute Gasteiger partial charge is 0.260 e. The normalized spacial score (nSPS) is 15.1. The Bertz CT molecular complexity index is 1020. The van der Waals surface area contributed by atoms with E-state index in [4.69, 9.17) is 26.9 Å². The van der Waals surface area contributed by atoms with Crippen molar-refractivity contribution in [3.63, 3.8) is 0 Å². The summed E-state index contributed by atoms with van der Waals surface area (Å²) in [5.74, 6) is 1.10. The zero-order valence-corrected chi connectivity index (χ0v) is 16.5. The van der Waals surface area contributed by atoms with E-state index in [9.17, 15) is 4.79 Å². The second kappa shape index (κ2) is 7.29. The first kappa shape index (κ1) is 18.5. The van der Waals surface area contributed by atoms with Crippen molar-refractivity contribution in [2.24, 2.45) is 11.5 Å². The molecule has 8 heteroatoms. The number of ether oxygens (including phenoxy) is 1. The first-order valence-corrected chi connectivity index (χ1v) is 9.97. The summed E-state index contributed by atoms with van der Waals surface area (Å²) in [5, 5.41) is 0.765. The van der Waals surface area contributed by atoms with Crippen molar-refractivity contribution in [1.29, 1.82) is 0 Å². The van der Waals surface area contributed by atoms with Gasteiger partial charge < -0.3 is 26.8 Å². The number of nitrogens with zero attached hydrogens (tertiary/aromatic N) is 2. The van der Waals surface area contributed by atoms with Gasteiger partial charge in [-0.15, -0.1) is 11.3 Å². The molecule has 4 rings (SSSR count). The van der Waals surface area contributed by atoms with E-state index in [0.717, 1.165) is 54.0 Å². The van der Waals surface area contributed by atoms with Gasteiger partial charge in [0, 0.05) is 24.5 Å². The van der Waals surface area contributed by atoms with E-state index in [1.165, 1.54) is 11.3 Å². The monoisotopic (exact) mass is 397 g/mol. The van der Waals surface area contributed by atoms with E-state index in [1.807, 2.05) is 30.3 Å². The summed E-state index contributed by atoms with van der Waals surface area (Å²) >= 11 is 1.24. The minimum Gasteiger partial charge on any atom is -0.497 e. The number of carbonyl (C=O) groups excluding carboxylic acids is 1. The zero-order valence-electron chi connectivity index (χ0n) is 15.6. The van der Waals surface area contributed by atoms with E-state index in [1.54, 1.807) is 7.11 Å². The molecule has 1 saturated heterocycles. The number of nitrogen functional groups attached to an aromatic ring is 1. The predicted octanol–water partition coefficient (Wildman–Crippen LogP) is 2.58. The first-order chi connectivity index (χ1) is 13.5. The number of primary amides is 1. The van der Waals surface area contributed by atoms with Crippen LogP contribution in [0.5, 0.6) is 5.75 Å². The third-order valence-corrected chi connectivity index (χ3v) is 6.29. The average molecular weight is 398 g/mol. The second-order valence-electron chi connectivity index (χ2n) is 6.97. The van der Waals surface area contributed by atoms with Crippen LogP contribution in [0.3, 0.4) is 0 Å². The van der Waals surface area contributed by atoms with Gasteiger partial charge in [0.05, 0.1) is 12.8 Å². The number of fused-ring (bicyclic) bond motifs is 1. The maximum Gasteiger partial charge on any atom is 0.260 e. The molecule has 0 radical (unpaired) electrons. The van der Waals surface area contributed by atoms with Crippen molar-refractivity contribution in [1.82, 2.24) is 4.98 Å². The number of methoxy groups -OCH3 is 1. The fraction of sp³-hybridized carbons (Fsp3) is 0.300. The lowest BCUT2D eigenvalue weighted by molar-refractivity contribution is 0.100. The van der Waals surface area contributed by atoms with Crippen molar-refractivity contribution in [2.75, 3.05) is 30.8 Å². The number of benzene rings is 1. The molecule has 1 aromatic carbocycles. The van der Waals surface area contributed by atoms with Crippen molar-refractivity contribution in [3.8, 4) is 16.9 Å². The van der Waals surface area contributed by atoms with Crippen LogP contribution in [0.2, 0.25) is 0 Å². The van der Waals surface area contributed by atoms with Crippen LogP contribution < -0.4 is 26.8 Å². The van der Waals surface area contributed by atoms with Crippen LogP contribution in [0, 0.1) is 0 Å². The molecule has 0 spiro atoms. The van der Waals surface area contributed by atoms with Crippen molar-refractivity contribution < 1.29 is 9.53 Å². The number of thiophene rings is 1. The van der Waals surface area contributed by atoms with Gasteiger partial charge in [-0.1, -0.05) is 12.1 Å². The number of anilines is 2. The van der Waals surface area contributed by atoms with Gasteiger partial charge in [0.2, 0.25) is 0 Å². The Labute approximate surface area is 167 Å². The summed E-state index contributed by atoms with van der Waals surface area (Å²) in [5.41, 5.74) is 20.2. The largest absolute Gasteiger partial charge is 0.497 e. The number of aromatic nitrogens is 1. The predicted molar refractivity (Wildman–Crippen MR) is 114 cm³/mol. The molecule has 3 heterocycles. The van der Waals surface area contributed by atoms with Crippen LogP contribution in [-0.4, -0.2) is 37.1 Å². The van der Waals surface area contributed by atoms with Gasteiger partial charge in [0.25, 0.3) is 5.91 Å². The van der Waals surface area contributed by atoms with Gasteiger partial charge in [-0.3, -0.25) is 4.79 Å². The summed E-state index contributed by atoms with van der Waals surface area (Å²) < 4.78 is 5.26. The molecule has 0 unspecified atom stereocenters. The lowest BCUT2D eigenvalue weighted by Gasteiger charge is -2.31. The summed E-state index contributed by atoms with van der Waals surface area (Å²) in [4.78, 5) is 19.9. The van der Waals surface area contributed by atoms with Crippen molar-refractivity contribution in [3.05, 3.63) is 35.2 Å². The summed E-state index contributed by atoms with van der Waals surface area (Å²) in [7, 11) is 1.63. The number of hydrogen-bond donors (Lipinski definition) is 3. The third-order valence-electron chi connectivity index (χ3n) is 5.17. The lowest BCUT2D eigenvalue weighted by atomic mass is 10.0. The van der Waals surface area contributed by atoms with Gasteiger partial charge in [0.1, 0.15) is 21.3 Å². The summed E-state index contributed by atoms with van der Waals surface area (Å²) in [6.45, 7) is 1.70. The maximum absolute atomic E-state index is 11.8. The minimum atomic E-state index is -0.535.